The molecule has 0 aromatic heterocycles. The molecule has 2 saturated heterocycles. The molecule has 0 spiro atoms. The number of aliphatic hydroxyl groups excluding tert-OH is 8. The zero-order valence-electron chi connectivity index (χ0n) is 26.5. The molecular weight excluding hydrogens is 652 g/mol. The highest BCUT2D eigenvalue weighted by Crippen LogP contribution is 2.34. The van der Waals surface area contributed by atoms with Gasteiger partial charge in [-0.2, -0.15) is 0 Å². The largest absolute Gasteiger partial charge is 0.493 e. The number of benzene rings is 2. The number of carbonyl (C=O) groups excluding carboxylic acids is 2. The van der Waals surface area contributed by atoms with Crippen LogP contribution in [-0.2, 0) is 19.1 Å². The Kier molecular flexibility index (Phi) is 13.2. The van der Waals surface area contributed by atoms with E-state index in [-0.39, 0.29) is 23.0 Å². The molecule has 2 aromatic rings. The summed E-state index contributed by atoms with van der Waals surface area (Å²) in [4.78, 5) is 25.0. The molecule has 49 heavy (non-hydrogen) atoms. The summed E-state index contributed by atoms with van der Waals surface area (Å²) < 4.78 is 32.6. The van der Waals surface area contributed by atoms with Crippen molar-refractivity contribution < 1.29 is 78.9 Å². The molecule has 0 bridgehead atoms. The number of methoxy groups -OCH3 is 2. The first kappa shape index (κ1) is 37.9. The zero-order chi connectivity index (χ0) is 35.8. The fourth-order valence-electron chi connectivity index (χ4n) is 5.02. The summed E-state index contributed by atoms with van der Waals surface area (Å²) in [5, 5.41) is 79.1. The molecule has 0 radical (unpaired) electrons. The van der Waals surface area contributed by atoms with E-state index >= 15 is 0 Å². The molecule has 0 aliphatic carbocycles. The van der Waals surface area contributed by atoms with E-state index in [2.05, 4.69) is 0 Å². The molecule has 16 heteroatoms. The predicted octanol–water partition coefficient (Wildman–Crippen LogP) is -1.68. The highest BCUT2D eigenvalue weighted by molar-refractivity contribution is 6.10. The molecule has 10 atom stereocenters. The Morgan fingerprint density at radius 1 is 0.612 bits per heavy atom. The number of hydrogen-bond acceptors (Lipinski definition) is 16. The number of carbonyl (C=O) groups is 2. The molecular formula is C33H40O16. The van der Waals surface area contributed by atoms with Gasteiger partial charge < -0.3 is 69.3 Å². The highest BCUT2D eigenvalue weighted by atomic mass is 16.7. The molecule has 0 unspecified atom stereocenters. The molecule has 2 fully saturated rings. The average Bonchev–Trinajstić information content (AvgIpc) is 3.10. The van der Waals surface area contributed by atoms with Gasteiger partial charge in [0, 0.05) is 0 Å². The Hall–Kier alpha value is -3.94. The lowest BCUT2D eigenvalue weighted by atomic mass is 9.99. The molecule has 8 N–H and O–H groups in total. The summed E-state index contributed by atoms with van der Waals surface area (Å²) >= 11 is 0. The molecule has 0 amide bonds. The van der Waals surface area contributed by atoms with Crippen LogP contribution in [0.15, 0.2) is 48.6 Å². The number of rotatable bonds is 14. The van der Waals surface area contributed by atoms with Crippen LogP contribution in [0.5, 0.6) is 23.0 Å². The Morgan fingerprint density at radius 3 is 1.35 bits per heavy atom. The summed E-state index contributed by atoms with van der Waals surface area (Å²) in [6, 6.07) is 9.09. The Balaban J connectivity index is 1.33. The van der Waals surface area contributed by atoms with E-state index in [1.54, 1.807) is 12.1 Å². The third-order valence-electron chi connectivity index (χ3n) is 7.83. The maximum absolute atomic E-state index is 12.5. The molecule has 2 aliphatic heterocycles. The number of ketones is 2. The van der Waals surface area contributed by atoms with Crippen molar-refractivity contribution in [3.05, 3.63) is 59.7 Å². The van der Waals surface area contributed by atoms with Gasteiger partial charge in [-0.1, -0.05) is 24.3 Å². The first-order chi connectivity index (χ1) is 23.4. The summed E-state index contributed by atoms with van der Waals surface area (Å²) in [5.74, 6) is -0.384. The van der Waals surface area contributed by atoms with E-state index in [1.807, 2.05) is 0 Å². The molecule has 0 saturated carbocycles. The molecule has 2 aromatic carbocycles. The number of aliphatic hydroxyl groups is 8. The SMILES string of the molecule is COc1cc(/C=C/C(=O)CC(=O)/C=C/c2ccc(O[C@@H]3O[C@H](CO)[C@H](O)[C@H](O)[C@H]3O)c(OC)c2)ccc1O[C@@H]1O[C@H](CO)[C@H](O)[C@H](O)[C@H]1O. The van der Waals surface area contributed by atoms with Crippen LogP contribution >= 0.6 is 0 Å². The lowest BCUT2D eigenvalue weighted by molar-refractivity contribution is -0.277. The fourth-order valence-corrected chi connectivity index (χ4v) is 5.02. The van der Waals surface area contributed by atoms with Gasteiger partial charge in [0.15, 0.2) is 34.6 Å². The van der Waals surface area contributed by atoms with Crippen molar-refractivity contribution in [2.24, 2.45) is 0 Å². The maximum Gasteiger partial charge on any atom is 0.229 e. The van der Waals surface area contributed by atoms with E-state index in [9.17, 15) is 50.4 Å². The third kappa shape index (κ3) is 9.20. The van der Waals surface area contributed by atoms with Crippen LogP contribution in [0.3, 0.4) is 0 Å². The monoisotopic (exact) mass is 692 g/mol. The van der Waals surface area contributed by atoms with Gasteiger partial charge in [-0.3, -0.25) is 9.59 Å². The van der Waals surface area contributed by atoms with Crippen LogP contribution in [0.4, 0.5) is 0 Å². The van der Waals surface area contributed by atoms with Crippen molar-refractivity contribution in [1.29, 1.82) is 0 Å². The van der Waals surface area contributed by atoms with E-state index < -0.39 is 92.6 Å². The second-order valence-corrected chi connectivity index (χ2v) is 11.2. The summed E-state index contributed by atoms with van der Waals surface area (Å²) in [7, 11) is 2.71. The van der Waals surface area contributed by atoms with Gasteiger partial charge in [0.1, 0.15) is 48.8 Å². The van der Waals surface area contributed by atoms with Gasteiger partial charge in [-0.05, 0) is 47.5 Å². The minimum absolute atomic E-state index is 0.112. The Morgan fingerprint density at radius 2 is 1.00 bits per heavy atom. The van der Waals surface area contributed by atoms with Crippen molar-refractivity contribution in [1.82, 2.24) is 0 Å². The van der Waals surface area contributed by atoms with Gasteiger partial charge in [-0.15, -0.1) is 0 Å². The van der Waals surface area contributed by atoms with Crippen LogP contribution in [0.25, 0.3) is 12.2 Å². The topological polar surface area (TPSA) is 251 Å². The molecule has 268 valence electrons. The third-order valence-corrected chi connectivity index (χ3v) is 7.83. The quantitative estimate of drug-likeness (QED) is 0.0813. The van der Waals surface area contributed by atoms with Gasteiger partial charge >= 0.3 is 0 Å². The van der Waals surface area contributed by atoms with E-state index in [1.165, 1.54) is 62.8 Å². The lowest BCUT2D eigenvalue weighted by Gasteiger charge is -2.39. The highest BCUT2D eigenvalue weighted by Gasteiger charge is 2.46. The van der Waals surface area contributed by atoms with Crippen molar-refractivity contribution in [2.75, 3.05) is 27.4 Å². The van der Waals surface area contributed by atoms with Gasteiger partial charge in [0.05, 0.1) is 33.9 Å². The van der Waals surface area contributed by atoms with Crippen molar-refractivity contribution in [2.45, 2.75) is 67.8 Å². The Labute approximate surface area is 280 Å². The van der Waals surface area contributed by atoms with Crippen molar-refractivity contribution in [3.63, 3.8) is 0 Å². The fraction of sp³-hybridized carbons (Fsp3) is 0.455. The lowest BCUT2D eigenvalue weighted by Crippen LogP contribution is -2.60. The minimum atomic E-state index is -1.62. The summed E-state index contributed by atoms with van der Waals surface area (Å²) in [6.45, 7) is -1.24. The van der Waals surface area contributed by atoms with Crippen molar-refractivity contribution >= 4 is 23.7 Å². The predicted molar refractivity (Wildman–Crippen MR) is 167 cm³/mol. The first-order valence-electron chi connectivity index (χ1n) is 15.1. The second kappa shape index (κ2) is 17.1. The average molecular weight is 693 g/mol. The molecule has 2 aliphatic rings. The van der Waals surface area contributed by atoms with Gasteiger partial charge in [0.25, 0.3) is 0 Å². The van der Waals surface area contributed by atoms with E-state index in [0.717, 1.165) is 0 Å². The van der Waals surface area contributed by atoms with Crippen molar-refractivity contribution in [3.8, 4) is 23.0 Å². The van der Waals surface area contributed by atoms with E-state index in [4.69, 9.17) is 28.4 Å². The molecule has 16 nitrogen and oxygen atoms in total. The standard InChI is InChI=1S/C33H40O16/c1-44-22-11-16(5-9-20(22)46-32-30(42)28(40)26(38)24(14-34)48-32)3-7-18(36)13-19(37)8-4-17-6-10-21(23(12-17)45-2)47-33-31(43)29(41)27(39)25(15-35)49-33/h3-12,24-35,38-43H,13-15H2,1-2H3/b7-3+,8-4+/t24-,25-,26+,27+,28+,29+,30-,31-,32-,33-/m1/s1. The normalized spacial score (nSPS) is 30.3. The second-order valence-electron chi connectivity index (χ2n) is 11.2. The zero-order valence-corrected chi connectivity index (χ0v) is 26.5. The van der Waals surface area contributed by atoms with Crippen LogP contribution in [0, 0.1) is 0 Å². The van der Waals surface area contributed by atoms with Crippen LogP contribution in [0.2, 0.25) is 0 Å². The maximum atomic E-state index is 12.5. The number of ether oxygens (including phenoxy) is 6. The number of hydrogen-bond donors (Lipinski definition) is 8. The van der Waals surface area contributed by atoms with Crippen LogP contribution < -0.4 is 18.9 Å². The smallest absolute Gasteiger partial charge is 0.229 e. The molecule has 4 rings (SSSR count). The van der Waals surface area contributed by atoms with Crippen LogP contribution in [0.1, 0.15) is 17.5 Å². The first-order valence-corrected chi connectivity index (χ1v) is 15.1. The molecule has 2 heterocycles. The van der Waals surface area contributed by atoms with Gasteiger partial charge in [0.2, 0.25) is 12.6 Å². The van der Waals surface area contributed by atoms with Gasteiger partial charge in [-0.25, -0.2) is 0 Å². The Bertz CT molecular complexity index is 1380. The van der Waals surface area contributed by atoms with E-state index in [0.29, 0.717) is 11.1 Å². The minimum Gasteiger partial charge on any atom is -0.493 e. The summed E-state index contributed by atoms with van der Waals surface area (Å²) in [6.07, 6.45) is -9.81. The summed E-state index contributed by atoms with van der Waals surface area (Å²) in [5.41, 5.74) is 1.01. The number of allylic oxidation sites excluding steroid dienone is 2. The van der Waals surface area contributed by atoms with Crippen LogP contribution in [-0.4, -0.2) is 141 Å².